The van der Waals surface area contributed by atoms with E-state index in [2.05, 4.69) is 19.2 Å². The molecule has 2 rings (SSSR count). The molecule has 1 N–H and O–H groups in total. The van der Waals surface area contributed by atoms with Gasteiger partial charge in [-0.05, 0) is 25.4 Å². The standard InChI is InChI=1S/C9H12ClNO/c1-5-3-8-7(6(2)11-5)4-9(10)12-8/h4-6,11H,3H2,1-2H3. The molecule has 1 aliphatic rings. The van der Waals surface area contributed by atoms with E-state index in [9.17, 15) is 0 Å². The van der Waals surface area contributed by atoms with Crippen LogP contribution in [0.3, 0.4) is 0 Å². The van der Waals surface area contributed by atoms with Gasteiger partial charge in [0.1, 0.15) is 5.76 Å². The Hall–Kier alpha value is -0.470. The average molecular weight is 186 g/mol. The first-order valence-corrected chi connectivity index (χ1v) is 4.59. The summed E-state index contributed by atoms with van der Waals surface area (Å²) in [5, 5.41) is 3.93. The second kappa shape index (κ2) is 2.79. The molecule has 2 nitrogen and oxygen atoms in total. The summed E-state index contributed by atoms with van der Waals surface area (Å²) >= 11 is 5.77. The second-order valence-corrected chi connectivity index (χ2v) is 3.80. The van der Waals surface area contributed by atoms with Gasteiger partial charge in [0.15, 0.2) is 5.22 Å². The molecule has 12 heavy (non-hydrogen) atoms. The van der Waals surface area contributed by atoms with Crippen molar-refractivity contribution in [3.8, 4) is 0 Å². The van der Waals surface area contributed by atoms with Crippen LogP contribution in [0.1, 0.15) is 31.2 Å². The highest BCUT2D eigenvalue weighted by atomic mass is 35.5. The van der Waals surface area contributed by atoms with Crippen molar-refractivity contribution in [1.82, 2.24) is 5.32 Å². The molecular formula is C9H12ClNO. The maximum atomic E-state index is 5.77. The molecular weight excluding hydrogens is 174 g/mol. The van der Waals surface area contributed by atoms with E-state index in [1.165, 1.54) is 5.56 Å². The van der Waals surface area contributed by atoms with Crippen LogP contribution in [0.25, 0.3) is 0 Å². The third-order valence-electron chi connectivity index (χ3n) is 2.30. The highest BCUT2D eigenvalue weighted by Crippen LogP contribution is 2.29. The molecule has 0 amide bonds. The average Bonchev–Trinajstić information content (AvgIpc) is 2.29. The van der Waals surface area contributed by atoms with Crippen molar-refractivity contribution < 1.29 is 4.42 Å². The summed E-state index contributed by atoms with van der Waals surface area (Å²) in [5.41, 5.74) is 1.21. The molecule has 1 aromatic heterocycles. The number of rotatable bonds is 0. The summed E-state index contributed by atoms with van der Waals surface area (Å²) in [6, 6.07) is 2.75. The van der Waals surface area contributed by atoms with Gasteiger partial charge in [0.2, 0.25) is 0 Å². The molecule has 0 radical (unpaired) electrons. The lowest BCUT2D eigenvalue weighted by molar-refractivity contribution is 0.389. The van der Waals surface area contributed by atoms with E-state index < -0.39 is 0 Å². The fourth-order valence-corrected chi connectivity index (χ4v) is 2.00. The van der Waals surface area contributed by atoms with Gasteiger partial charge in [-0.25, -0.2) is 0 Å². The van der Waals surface area contributed by atoms with Gasteiger partial charge in [0.05, 0.1) is 0 Å². The monoisotopic (exact) mass is 185 g/mol. The number of fused-ring (bicyclic) bond motifs is 1. The molecule has 66 valence electrons. The van der Waals surface area contributed by atoms with Crippen LogP contribution in [0.15, 0.2) is 10.5 Å². The molecule has 0 saturated heterocycles. The molecule has 0 bridgehead atoms. The van der Waals surface area contributed by atoms with Crippen molar-refractivity contribution in [2.45, 2.75) is 32.4 Å². The Morgan fingerprint density at radius 1 is 1.58 bits per heavy atom. The lowest BCUT2D eigenvalue weighted by Crippen LogP contribution is -2.35. The van der Waals surface area contributed by atoms with Crippen molar-refractivity contribution in [3.05, 3.63) is 22.6 Å². The third-order valence-corrected chi connectivity index (χ3v) is 2.49. The minimum atomic E-state index is 0.361. The maximum Gasteiger partial charge on any atom is 0.193 e. The van der Waals surface area contributed by atoms with Crippen LogP contribution in [0.5, 0.6) is 0 Å². The van der Waals surface area contributed by atoms with E-state index in [1.54, 1.807) is 0 Å². The van der Waals surface area contributed by atoms with Crippen molar-refractivity contribution in [2.24, 2.45) is 0 Å². The van der Waals surface area contributed by atoms with Gasteiger partial charge in [0.25, 0.3) is 0 Å². The minimum Gasteiger partial charge on any atom is -0.449 e. The third kappa shape index (κ3) is 1.25. The van der Waals surface area contributed by atoms with E-state index in [1.807, 2.05) is 6.07 Å². The summed E-state index contributed by atoms with van der Waals surface area (Å²) in [6.45, 7) is 4.27. The Bertz CT molecular complexity index is 295. The fraction of sp³-hybridized carbons (Fsp3) is 0.556. The molecule has 0 spiro atoms. The molecule has 1 aliphatic heterocycles. The zero-order valence-corrected chi connectivity index (χ0v) is 7.98. The smallest absolute Gasteiger partial charge is 0.193 e. The molecule has 3 heteroatoms. The van der Waals surface area contributed by atoms with Crippen molar-refractivity contribution in [2.75, 3.05) is 0 Å². The van der Waals surface area contributed by atoms with Crippen LogP contribution in [0, 0.1) is 0 Å². The summed E-state index contributed by atoms with van der Waals surface area (Å²) < 4.78 is 5.37. The molecule has 0 aromatic carbocycles. The quantitative estimate of drug-likeness (QED) is 0.672. The van der Waals surface area contributed by atoms with Gasteiger partial charge < -0.3 is 9.73 Å². The van der Waals surface area contributed by atoms with Crippen molar-refractivity contribution in [3.63, 3.8) is 0 Å². The van der Waals surface area contributed by atoms with Gasteiger partial charge in [-0.1, -0.05) is 0 Å². The van der Waals surface area contributed by atoms with E-state index in [4.69, 9.17) is 16.0 Å². The number of halogens is 1. The zero-order chi connectivity index (χ0) is 8.72. The number of hydrogen-bond acceptors (Lipinski definition) is 2. The van der Waals surface area contributed by atoms with Crippen LogP contribution in [-0.4, -0.2) is 6.04 Å². The van der Waals surface area contributed by atoms with Gasteiger partial charge >= 0.3 is 0 Å². The van der Waals surface area contributed by atoms with Crippen LogP contribution in [0.2, 0.25) is 5.22 Å². The summed E-state index contributed by atoms with van der Waals surface area (Å²) in [5.74, 6) is 1.04. The van der Waals surface area contributed by atoms with Crippen molar-refractivity contribution >= 4 is 11.6 Å². The summed E-state index contributed by atoms with van der Waals surface area (Å²) in [4.78, 5) is 0. The maximum absolute atomic E-state index is 5.77. The van der Waals surface area contributed by atoms with E-state index in [-0.39, 0.29) is 0 Å². The highest BCUT2D eigenvalue weighted by molar-refractivity contribution is 6.28. The van der Waals surface area contributed by atoms with Crippen LogP contribution in [0.4, 0.5) is 0 Å². The molecule has 0 fully saturated rings. The number of furan rings is 1. The lowest BCUT2D eigenvalue weighted by atomic mass is 9.99. The topological polar surface area (TPSA) is 25.2 Å². The van der Waals surface area contributed by atoms with Crippen LogP contribution < -0.4 is 5.32 Å². The van der Waals surface area contributed by atoms with Gasteiger partial charge in [-0.2, -0.15) is 0 Å². The van der Waals surface area contributed by atoms with E-state index >= 15 is 0 Å². The second-order valence-electron chi connectivity index (χ2n) is 3.42. The largest absolute Gasteiger partial charge is 0.449 e. The molecule has 2 unspecified atom stereocenters. The Labute approximate surface area is 76.9 Å². The fourth-order valence-electron chi connectivity index (χ4n) is 1.79. The van der Waals surface area contributed by atoms with Gasteiger partial charge in [-0.15, -0.1) is 0 Å². The summed E-state index contributed by atoms with van der Waals surface area (Å²) in [6.07, 6.45) is 0.937. The van der Waals surface area contributed by atoms with Crippen molar-refractivity contribution in [1.29, 1.82) is 0 Å². The minimum absolute atomic E-state index is 0.361. The highest BCUT2D eigenvalue weighted by Gasteiger charge is 2.24. The Kier molecular flexibility index (Phi) is 1.89. The molecule has 0 aliphatic carbocycles. The SMILES string of the molecule is CC1Cc2oc(Cl)cc2C(C)N1. The molecule has 2 atom stereocenters. The van der Waals surface area contributed by atoms with Gasteiger partial charge in [0, 0.05) is 30.1 Å². The molecule has 1 aromatic rings. The lowest BCUT2D eigenvalue weighted by Gasteiger charge is -2.24. The molecule has 0 saturated carbocycles. The zero-order valence-electron chi connectivity index (χ0n) is 7.23. The van der Waals surface area contributed by atoms with E-state index in [0.29, 0.717) is 17.3 Å². The summed E-state index contributed by atoms with van der Waals surface area (Å²) in [7, 11) is 0. The predicted octanol–water partition coefficient (Wildman–Crippen LogP) is 2.53. The number of hydrogen-bond donors (Lipinski definition) is 1. The Morgan fingerprint density at radius 3 is 3.08 bits per heavy atom. The first-order valence-electron chi connectivity index (χ1n) is 4.21. The predicted molar refractivity (Wildman–Crippen MR) is 48.4 cm³/mol. The Morgan fingerprint density at radius 2 is 2.33 bits per heavy atom. The van der Waals surface area contributed by atoms with Crippen LogP contribution in [-0.2, 0) is 6.42 Å². The molecule has 2 heterocycles. The Balaban J connectivity index is 2.40. The van der Waals surface area contributed by atoms with Crippen LogP contribution >= 0.6 is 11.6 Å². The number of nitrogens with one attached hydrogen (secondary N) is 1. The normalized spacial score (nSPS) is 28.6. The first-order chi connectivity index (χ1) is 5.66. The van der Waals surface area contributed by atoms with Gasteiger partial charge in [-0.3, -0.25) is 0 Å². The first kappa shape index (κ1) is 8.14. The van der Waals surface area contributed by atoms with E-state index in [0.717, 1.165) is 12.2 Å².